The molecule has 0 spiro atoms. The second kappa shape index (κ2) is 9.81. The van der Waals surface area contributed by atoms with Crippen LogP contribution in [0.25, 0.3) is 0 Å². The Hall–Kier alpha value is -2.41. The summed E-state index contributed by atoms with van der Waals surface area (Å²) in [6, 6.07) is 7.78. The summed E-state index contributed by atoms with van der Waals surface area (Å²) in [5, 5.41) is 5.56. The monoisotopic (exact) mass is 428 g/mol. The van der Waals surface area contributed by atoms with Crippen molar-refractivity contribution in [1.82, 2.24) is 20.4 Å². The maximum Gasteiger partial charge on any atom is 0.325 e. The fourth-order valence-corrected chi connectivity index (χ4v) is 4.89. The average Bonchev–Trinajstić information content (AvgIpc) is 2.97. The van der Waals surface area contributed by atoms with Crippen LogP contribution < -0.4 is 10.6 Å². The predicted octanol–water partition coefficient (Wildman–Crippen LogP) is 2.89. The summed E-state index contributed by atoms with van der Waals surface area (Å²) in [5.74, 6) is 0.820. The van der Waals surface area contributed by atoms with Gasteiger partial charge in [0, 0.05) is 26.2 Å². The third-order valence-electron chi connectivity index (χ3n) is 6.62. The van der Waals surface area contributed by atoms with E-state index in [2.05, 4.69) is 41.5 Å². The molecule has 7 nitrogen and oxygen atoms in total. The second-order valence-electron chi connectivity index (χ2n) is 9.34. The zero-order valence-electron chi connectivity index (χ0n) is 19.2. The number of hydrogen-bond donors (Lipinski definition) is 2. The van der Waals surface area contributed by atoms with Crippen LogP contribution in [0, 0.1) is 11.8 Å². The number of benzene rings is 1. The van der Waals surface area contributed by atoms with Crippen LogP contribution in [0.5, 0.6) is 0 Å². The zero-order valence-corrected chi connectivity index (χ0v) is 19.2. The molecule has 0 aliphatic carbocycles. The minimum atomic E-state index is -0.878. The summed E-state index contributed by atoms with van der Waals surface area (Å²) >= 11 is 0. The van der Waals surface area contributed by atoms with Crippen molar-refractivity contribution in [1.29, 1.82) is 0 Å². The third kappa shape index (κ3) is 5.45. The van der Waals surface area contributed by atoms with Crippen molar-refractivity contribution in [3.63, 3.8) is 0 Å². The summed E-state index contributed by atoms with van der Waals surface area (Å²) in [6.07, 6.45) is 2.32. The maximum absolute atomic E-state index is 12.6. The van der Waals surface area contributed by atoms with Gasteiger partial charge in [-0.25, -0.2) is 4.79 Å². The van der Waals surface area contributed by atoms with Gasteiger partial charge in [0.1, 0.15) is 12.1 Å². The minimum absolute atomic E-state index is 0.254. The number of carbonyl (C=O) groups excluding carboxylic acids is 3. The first-order valence-electron chi connectivity index (χ1n) is 11.5. The molecule has 1 aromatic carbocycles. The van der Waals surface area contributed by atoms with Gasteiger partial charge >= 0.3 is 6.03 Å². The van der Waals surface area contributed by atoms with Gasteiger partial charge in [0.05, 0.1) is 0 Å². The Morgan fingerprint density at radius 1 is 1.06 bits per heavy atom. The van der Waals surface area contributed by atoms with Gasteiger partial charge in [-0.2, -0.15) is 0 Å². The van der Waals surface area contributed by atoms with E-state index in [0.717, 1.165) is 41.9 Å². The molecule has 1 aromatic rings. The van der Waals surface area contributed by atoms with E-state index in [1.807, 2.05) is 26.0 Å². The lowest BCUT2D eigenvalue weighted by molar-refractivity contribution is -0.135. The van der Waals surface area contributed by atoms with E-state index in [1.54, 1.807) is 0 Å². The highest BCUT2D eigenvalue weighted by Gasteiger charge is 2.49. The standard InChI is InChI=1S/C24H36N4O3/c1-5-24(6-2)22(30)28(23(31)26-24)16-21(29)25-12-19-7-9-20(10-8-19)15-27-13-17(3)11-18(4)14-27/h7-10,17-18H,5-6,11-16H2,1-4H3,(H,25,29)(H,26,31)/t17-,18-/m0/s1. The predicted molar refractivity (Wildman–Crippen MR) is 120 cm³/mol. The molecule has 0 radical (unpaired) electrons. The van der Waals surface area contributed by atoms with Crippen molar-refractivity contribution >= 4 is 17.8 Å². The number of hydrogen-bond acceptors (Lipinski definition) is 4. The Morgan fingerprint density at radius 2 is 1.65 bits per heavy atom. The molecule has 0 unspecified atom stereocenters. The molecular weight excluding hydrogens is 392 g/mol. The molecule has 2 atom stereocenters. The van der Waals surface area contributed by atoms with Crippen LogP contribution in [0.4, 0.5) is 4.79 Å². The van der Waals surface area contributed by atoms with Crippen molar-refractivity contribution in [2.45, 2.75) is 65.6 Å². The topological polar surface area (TPSA) is 81.8 Å². The molecule has 31 heavy (non-hydrogen) atoms. The Morgan fingerprint density at radius 3 is 2.19 bits per heavy atom. The summed E-state index contributed by atoms with van der Waals surface area (Å²) in [7, 11) is 0. The average molecular weight is 429 g/mol. The van der Waals surface area contributed by atoms with Gasteiger partial charge in [-0.15, -0.1) is 0 Å². The first-order valence-corrected chi connectivity index (χ1v) is 11.5. The molecule has 0 bridgehead atoms. The molecule has 0 aromatic heterocycles. The zero-order chi connectivity index (χ0) is 22.6. The highest BCUT2D eigenvalue weighted by atomic mass is 16.2. The second-order valence-corrected chi connectivity index (χ2v) is 9.34. The normalized spacial score (nSPS) is 23.7. The van der Waals surface area contributed by atoms with Gasteiger partial charge in [0.2, 0.25) is 5.91 Å². The van der Waals surface area contributed by atoms with E-state index in [9.17, 15) is 14.4 Å². The fourth-order valence-electron chi connectivity index (χ4n) is 4.89. The third-order valence-corrected chi connectivity index (χ3v) is 6.62. The number of nitrogens with zero attached hydrogens (tertiary/aromatic N) is 2. The van der Waals surface area contributed by atoms with Crippen LogP contribution in [0.1, 0.15) is 58.1 Å². The smallest absolute Gasteiger partial charge is 0.325 e. The summed E-state index contributed by atoms with van der Waals surface area (Å²) in [4.78, 5) is 40.7. The van der Waals surface area contributed by atoms with Crippen molar-refractivity contribution in [2.24, 2.45) is 11.8 Å². The van der Waals surface area contributed by atoms with E-state index in [4.69, 9.17) is 0 Å². The molecule has 0 saturated carbocycles. The highest BCUT2D eigenvalue weighted by Crippen LogP contribution is 2.25. The van der Waals surface area contributed by atoms with Crippen LogP contribution >= 0.6 is 0 Å². The van der Waals surface area contributed by atoms with Crippen LogP contribution in [0.2, 0.25) is 0 Å². The van der Waals surface area contributed by atoms with Gasteiger partial charge < -0.3 is 10.6 Å². The minimum Gasteiger partial charge on any atom is -0.350 e. The molecule has 2 saturated heterocycles. The number of amides is 4. The lowest BCUT2D eigenvalue weighted by Gasteiger charge is -2.35. The lowest BCUT2D eigenvalue weighted by atomic mass is 9.91. The van der Waals surface area contributed by atoms with Crippen molar-refractivity contribution < 1.29 is 14.4 Å². The van der Waals surface area contributed by atoms with E-state index >= 15 is 0 Å². The van der Waals surface area contributed by atoms with Gasteiger partial charge in [-0.3, -0.25) is 19.4 Å². The maximum atomic E-state index is 12.6. The Bertz CT molecular complexity index is 794. The first-order chi connectivity index (χ1) is 14.8. The number of piperidine rings is 1. The van der Waals surface area contributed by atoms with Gasteiger partial charge in [0.15, 0.2) is 0 Å². The number of likely N-dealkylation sites (tertiary alicyclic amines) is 1. The molecule has 3 rings (SSSR count). The quantitative estimate of drug-likeness (QED) is 0.624. The highest BCUT2D eigenvalue weighted by molar-refractivity contribution is 6.08. The van der Waals surface area contributed by atoms with Crippen LogP contribution in [0.15, 0.2) is 24.3 Å². The van der Waals surface area contributed by atoms with Crippen molar-refractivity contribution in [2.75, 3.05) is 19.6 Å². The van der Waals surface area contributed by atoms with E-state index < -0.39 is 11.6 Å². The van der Waals surface area contributed by atoms with Crippen LogP contribution in [-0.4, -0.2) is 52.8 Å². The fraction of sp³-hybridized carbons (Fsp3) is 0.625. The molecule has 2 N–H and O–H groups in total. The van der Waals surface area contributed by atoms with Crippen LogP contribution in [-0.2, 0) is 22.7 Å². The molecule has 7 heteroatoms. The summed E-state index contributed by atoms with van der Waals surface area (Å²) in [5.41, 5.74) is 1.38. The molecule has 2 heterocycles. The van der Waals surface area contributed by atoms with Gasteiger partial charge in [-0.05, 0) is 42.2 Å². The number of rotatable bonds is 8. The van der Waals surface area contributed by atoms with E-state index in [0.29, 0.717) is 19.4 Å². The first kappa shape index (κ1) is 23.3. The molecular formula is C24H36N4O3. The molecule has 170 valence electrons. The van der Waals surface area contributed by atoms with E-state index in [-0.39, 0.29) is 18.4 Å². The van der Waals surface area contributed by atoms with E-state index in [1.165, 1.54) is 12.0 Å². The summed E-state index contributed by atoms with van der Waals surface area (Å²) in [6.45, 7) is 11.7. The van der Waals surface area contributed by atoms with Gasteiger partial charge in [0.25, 0.3) is 5.91 Å². The number of imide groups is 1. The molecule has 2 aliphatic rings. The Balaban J connectivity index is 1.48. The lowest BCUT2D eigenvalue weighted by Crippen LogP contribution is -2.46. The number of nitrogens with one attached hydrogen (secondary N) is 2. The van der Waals surface area contributed by atoms with Gasteiger partial charge in [-0.1, -0.05) is 52.0 Å². The van der Waals surface area contributed by atoms with Crippen LogP contribution in [0.3, 0.4) is 0 Å². The Labute approximate surface area is 185 Å². The number of carbonyl (C=O) groups is 3. The van der Waals surface area contributed by atoms with Crippen molar-refractivity contribution in [3.05, 3.63) is 35.4 Å². The Kier molecular flexibility index (Phi) is 7.36. The largest absolute Gasteiger partial charge is 0.350 e. The SMILES string of the molecule is CCC1(CC)NC(=O)N(CC(=O)NCc2ccc(CN3C[C@@H](C)C[C@H](C)C3)cc2)C1=O. The molecule has 4 amide bonds. The summed E-state index contributed by atoms with van der Waals surface area (Å²) < 4.78 is 0. The molecule has 2 fully saturated rings. The van der Waals surface area contributed by atoms with Crippen molar-refractivity contribution in [3.8, 4) is 0 Å². The molecule has 2 aliphatic heterocycles. The number of urea groups is 1.